The van der Waals surface area contributed by atoms with E-state index in [4.69, 9.17) is 5.73 Å². The van der Waals surface area contributed by atoms with Gasteiger partial charge in [-0.25, -0.2) is 0 Å². The van der Waals surface area contributed by atoms with Gasteiger partial charge in [-0.15, -0.1) is 24.0 Å². The molecule has 3 aliphatic rings. The van der Waals surface area contributed by atoms with E-state index in [-0.39, 0.29) is 24.0 Å². The number of nitrogens with zero attached hydrogens (tertiary/aromatic N) is 1. The Morgan fingerprint density at radius 2 is 1.89 bits per heavy atom. The smallest absolute Gasteiger partial charge is 0.188 e. The Bertz CT molecular complexity index is 304. The van der Waals surface area contributed by atoms with Gasteiger partial charge >= 0.3 is 0 Å². The van der Waals surface area contributed by atoms with E-state index in [1.165, 1.54) is 51.4 Å². The molecule has 0 radical (unpaired) electrons. The Labute approximate surface area is 127 Å². The largest absolute Gasteiger partial charge is 0.370 e. The second-order valence-corrected chi connectivity index (χ2v) is 6.37. The SMILES string of the molecule is I.NC(=NCC1(C2CC2)CCC1)NCC1CCC1. The minimum absolute atomic E-state index is 0. The van der Waals surface area contributed by atoms with Gasteiger partial charge in [0.25, 0.3) is 0 Å². The van der Waals surface area contributed by atoms with Crippen LogP contribution in [0, 0.1) is 17.3 Å². The molecule has 0 unspecified atom stereocenters. The van der Waals surface area contributed by atoms with Gasteiger partial charge in [-0.05, 0) is 55.8 Å². The number of halogens is 1. The molecule has 0 amide bonds. The van der Waals surface area contributed by atoms with Crippen LogP contribution in [0.25, 0.3) is 0 Å². The van der Waals surface area contributed by atoms with Crippen LogP contribution >= 0.6 is 24.0 Å². The number of guanidine groups is 1. The number of aliphatic imine (C=N–C) groups is 1. The molecule has 0 saturated heterocycles. The molecule has 18 heavy (non-hydrogen) atoms. The van der Waals surface area contributed by atoms with Gasteiger partial charge in [0.15, 0.2) is 5.96 Å². The maximum atomic E-state index is 5.95. The summed E-state index contributed by atoms with van der Waals surface area (Å²) in [5, 5.41) is 3.29. The number of hydrogen-bond acceptors (Lipinski definition) is 1. The fraction of sp³-hybridized carbons (Fsp3) is 0.929. The van der Waals surface area contributed by atoms with Crippen molar-refractivity contribution < 1.29 is 0 Å². The van der Waals surface area contributed by atoms with Crippen molar-refractivity contribution in [2.75, 3.05) is 13.1 Å². The highest BCUT2D eigenvalue weighted by Crippen LogP contribution is 2.57. The summed E-state index contributed by atoms with van der Waals surface area (Å²) in [6, 6.07) is 0. The molecule has 3 fully saturated rings. The monoisotopic (exact) mass is 363 g/mol. The van der Waals surface area contributed by atoms with Crippen molar-refractivity contribution in [1.29, 1.82) is 0 Å². The fourth-order valence-electron chi connectivity index (χ4n) is 3.27. The summed E-state index contributed by atoms with van der Waals surface area (Å²) >= 11 is 0. The summed E-state index contributed by atoms with van der Waals surface area (Å²) < 4.78 is 0. The highest BCUT2D eigenvalue weighted by molar-refractivity contribution is 14.0. The van der Waals surface area contributed by atoms with Crippen LogP contribution in [0.3, 0.4) is 0 Å². The van der Waals surface area contributed by atoms with E-state index in [2.05, 4.69) is 10.3 Å². The molecule has 3 saturated carbocycles. The van der Waals surface area contributed by atoms with Gasteiger partial charge in [-0.3, -0.25) is 4.99 Å². The van der Waals surface area contributed by atoms with E-state index < -0.39 is 0 Å². The lowest BCUT2D eigenvalue weighted by molar-refractivity contribution is 0.113. The first-order valence-corrected chi connectivity index (χ1v) is 7.32. The van der Waals surface area contributed by atoms with Crippen molar-refractivity contribution in [3.8, 4) is 0 Å². The summed E-state index contributed by atoms with van der Waals surface area (Å²) in [4.78, 5) is 4.59. The van der Waals surface area contributed by atoms with Gasteiger partial charge in [0, 0.05) is 13.1 Å². The maximum Gasteiger partial charge on any atom is 0.188 e. The van der Waals surface area contributed by atoms with Crippen molar-refractivity contribution in [2.24, 2.45) is 28.0 Å². The van der Waals surface area contributed by atoms with E-state index in [9.17, 15) is 0 Å². The number of nitrogens with two attached hydrogens (primary N) is 1. The first-order chi connectivity index (χ1) is 8.28. The highest BCUT2D eigenvalue weighted by Gasteiger charge is 2.48. The summed E-state index contributed by atoms with van der Waals surface area (Å²) in [5.41, 5.74) is 6.50. The minimum atomic E-state index is 0. The third-order valence-corrected chi connectivity index (χ3v) is 5.15. The van der Waals surface area contributed by atoms with Gasteiger partial charge in [0.2, 0.25) is 0 Å². The second-order valence-electron chi connectivity index (χ2n) is 6.37. The van der Waals surface area contributed by atoms with Crippen LogP contribution in [0.5, 0.6) is 0 Å². The molecule has 3 rings (SSSR count). The van der Waals surface area contributed by atoms with Crippen LogP contribution in [0.1, 0.15) is 51.4 Å². The van der Waals surface area contributed by atoms with Crippen LogP contribution in [-0.4, -0.2) is 19.0 Å². The molecule has 104 valence electrons. The third-order valence-electron chi connectivity index (χ3n) is 5.15. The van der Waals surface area contributed by atoms with E-state index in [1.807, 2.05) is 0 Å². The molecule has 0 atom stereocenters. The molecule has 0 heterocycles. The normalized spacial score (nSPS) is 26.8. The average Bonchev–Trinajstić information content (AvgIpc) is 2.98. The summed E-state index contributed by atoms with van der Waals surface area (Å²) in [7, 11) is 0. The third kappa shape index (κ3) is 3.11. The molecular formula is C14H26IN3. The van der Waals surface area contributed by atoms with Crippen molar-refractivity contribution >= 4 is 29.9 Å². The Morgan fingerprint density at radius 1 is 1.17 bits per heavy atom. The Kier molecular flexibility index (Phi) is 4.78. The maximum absolute atomic E-state index is 5.95. The molecular weight excluding hydrogens is 337 g/mol. The number of rotatable bonds is 5. The zero-order chi connectivity index (χ0) is 11.7. The van der Waals surface area contributed by atoms with Crippen molar-refractivity contribution in [1.82, 2.24) is 5.32 Å². The Balaban J connectivity index is 0.00000120. The lowest BCUT2D eigenvalue weighted by Crippen LogP contribution is -2.40. The van der Waals surface area contributed by atoms with Crippen molar-refractivity contribution in [2.45, 2.75) is 51.4 Å². The van der Waals surface area contributed by atoms with Crippen molar-refractivity contribution in [3.63, 3.8) is 0 Å². The lowest BCUT2D eigenvalue weighted by Gasteiger charge is -2.41. The summed E-state index contributed by atoms with van der Waals surface area (Å²) in [6.07, 6.45) is 11.2. The van der Waals surface area contributed by atoms with Crippen LogP contribution in [-0.2, 0) is 0 Å². The molecule has 0 bridgehead atoms. The van der Waals surface area contributed by atoms with Crippen LogP contribution in [0.15, 0.2) is 4.99 Å². The minimum Gasteiger partial charge on any atom is -0.370 e. The zero-order valence-electron chi connectivity index (χ0n) is 11.2. The number of hydrogen-bond donors (Lipinski definition) is 2. The van der Waals surface area contributed by atoms with Gasteiger partial charge in [-0.1, -0.05) is 12.8 Å². The van der Waals surface area contributed by atoms with Gasteiger partial charge in [0.1, 0.15) is 0 Å². The zero-order valence-corrected chi connectivity index (χ0v) is 13.5. The summed E-state index contributed by atoms with van der Waals surface area (Å²) in [5.74, 6) is 2.51. The lowest BCUT2D eigenvalue weighted by atomic mass is 9.65. The van der Waals surface area contributed by atoms with E-state index in [0.717, 1.165) is 24.9 Å². The molecule has 0 spiro atoms. The van der Waals surface area contributed by atoms with Gasteiger partial charge < -0.3 is 11.1 Å². The standard InChI is InChI=1S/C14H25N3.HI/c15-13(16-9-11-3-1-4-11)17-10-14(7-2-8-14)12-5-6-12;/h11-12H,1-10H2,(H3,15,16,17);1H. The van der Waals surface area contributed by atoms with Crippen LogP contribution in [0.2, 0.25) is 0 Å². The Morgan fingerprint density at radius 3 is 2.33 bits per heavy atom. The quantitative estimate of drug-likeness (QED) is 0.448. The predicted octanol–water partition coefficient (Wildman–Crippen LogP) is 2.89. The highest BCUT2D eigenvalue weighted by atomic mass is 127. The van der Waals surface area contributed by atoms with E-state index in [1.54, 1.807) is 0 Å². The summed E-state index contributed by atoms with van der Waals surface area (Å²) in [6.45, 7) is 2.01. The number of nitrogens with one attached hydrogen (secondary N) is 1. The first-order valence-electron chi connectivity index (χ1n) is 7.32. The molecule has 0 aromatic rings. The molecule has 3 N–H and O–H groups in total. The van der Waals surface area contributed by atoms with E-state index >= 15 is 0 Å². The average molecular weight is 363 g/mol. The second kappa shape index (κ2) is 5.97. The molecule has 4 heteroatoms. The first kappa shape index (κ1) is 14.4. The predicted molar refractivity (Wildman–Crippen MR) is 86.3 cm³/mol. The topological polar surface area (TPSA) is 50.4 Å². The molecule has 0 aliphatic heterocycles. The molecule has 3 nitrogen and oxygen atoms in total. The molecule has 0 aromatic heterocycles. The van der Waals surface area contributed by atoms with E-state index in [0.29, 0.717) is 11.4 Å². The van der Waals surface area contributed by atoms with Crippen LogP contribution < -0.4 is 11.1 Å². The van der Waals surface area contributed by atoms with Crippen LogP contribution in [0.4, 0.5) is 0 Å². The van der Waals surface area contributed by atoms with Crippen molar-refractivity contribution in [3.05, 3.63) is 0 Å². The fourth-order valence-corrected chi connectivity index (χ4v) is 3.27. The van der Waals surface area contributed by atoms with Gasteiger partial charge in [0.05, 0.1) is 0 Å². The Hall–Kier alpha value is 0. The molecule has 3 aliphatic carbocycles. The molecule has 0 aromatic carbocycles. The van der Waals surface area contributed by atoms with Gasteiger partial charge in [-0.2, -0.15) is 0 Å².